The van der Waals surface area contributed by atoms with Gasteiger partial charge >= 0.3 is 0 Å². The van der Waals surface area contributed by atoms with E-state index in [0.29, 0.717) is 41.6 Å². The maximum absolute atomic E-state index is 12.3. The number of carbonyl (C=O) groups is 1. The van der Waals surface area contributed by atoms with Gasteiger partial charge in [-0.05, 0) is 45.0 Å². The van der Waals surface area contributed by atoms with Crippen LogP contribution in [0.4, 0.5) is 0 Å². The Bertz CT molecular complexity index is 598. The predicted octanol–water partition coefficient (Wildman–Crippen LogP) is 3.62. The summed E-state index contributed by atoms with van der Waals surface area (Å²) < 4.78 is 16.2. The highest BCUT2D eigenvalue weighted by Crippen LogP contribution is 2.29. The molecule has 0 spiro atoms. The topological polar surface area (TPSA) is 48.7 Å². The molecule has 0 aliphatic heterocycles. The zero-order valence-corrected chi connectivity index (χ0v) is 11.9. The van der Waals surface area contributed by atoms with Crippen molar-refractivity contribution in [2.75, 3.05) is 13.2 Å². The van der Waals surface area contributed by atoms with Crippen LogP contribution in [0.3, 0.4) is 0 Å². The second kappa shape index (κ2) is 6.28. The van der Waals surface area contributed by atoms with Gasteiger partial charge in [0.2, 0.25) is 0 Å². The summed E-state index contributed by atoms with van der Waals surface area (Å²) in [5, 5.41) is 0. The van der Waals surface area contributed by atoms with Crippen LogP contribution in [0.5, 0.6) is 11.5 Å². The van der Waals surface area contributed by atoms with Crippen LogP contribution < -0.4 is 9.47 Å². The van der Waals surface area contributed by atoms with Crippen LogP contribution in [0.1, 0.15) is 35.5 Å². The average molecular weight is 274 g/mol. The molecule has 0 fully saturated rings. The molecule has 1 aromatic carbocycles. The predicted molar refractivity (Wildman–Crippen MR) is 75.7 cm³/mol. The standard InChI is InChI=1S/C16H18O4/c1-4-18-14-7-6-12(9-15(14)19-5-2)16(17)13-8-11(3)20-10-13/h6-10H,4-5H2,1-3H3. The molecule has 0 saturated carbocycles. The van der Waals surface area contributed by atoms with Crippen molar-refractivity contribution in [2.45, 2.75) is 20.8 Å². The van der Waals surface area contributed by atoms with E-state index in [1.165, 1.54) is 6.26 Å². The Kier molecular flexibility index (Phi) is 4.45. The number of ketones is 1. The largest absolute Gasteiger partial charge is 0.490 e. The van der Waals surface area contributed by atoms with Gasteiger partial charge < -0.3 is 13.9 Å². The van der Waals surface area contributed by atoms with Crippen molar-refractivity contribution in [3.05, 3.63) is 47.4 Å². The van der Waals surface area contributed by atoms with Crippen molar-refractivity contribution in [1.29, 1.82) is 0 Å². The first-order valence-electron chi connectivity index (χ1n) is 6.65. The van der Waals surface area contributed by atoms with Crippen LogP contribution in [0.2, 0.25) is 0 Å². The minimum atomic E-state index is -0.0918. The quantitative estimate of drug-likeness (QED) is 0.755. The molecule has 0 saturated heterocycles. The van der Waals surface area contributed by atoms with Gasteiger partial charge in [0.25, 0.3) is 0 Å². The lowest BCUT2D eigenvalue weighted by Gasteiger charge is -2.11. The second-order valence-electron chi connectivity index (χ2n) is 4.30. The molecule has 0 aliphatic rings. The van der Waals surface area contributed by atoms with E-state index in [1.807, 2.05) is 13.8 Å². The lowest BCUT2D eigenvalue weighted by Crippen LogP contribution is -2.03. The first-order chi connectivity index (χ1) is 9.65. The van der Waals surface area contributed by atoms with Gasteiger partial charge in [-0.25, -0.2) is 0 Å². The van der Waals surface area contributed by atoms with Crippen molar-refractivity contribution in [3.63, 3.8) is 0 Å². The van der Waals surface area contributed by atoms with Crippen LogP contribution in [0.15, 0.2) is 34.9 Å². The molecule has 2 rings (SSSR count). The van der Waals surface area contributed by atoms with E-state index in [-0.39, 0.29) is 5.78 Å². The molecule has 0 radical (unpaired) electrons. The molecule has 1 heterocycles. The highest BCUT2D eigenvalue weighted by molar-refractivity contribution is 6.09. The Labute approximate surface area is 118 Å². The lowest BCUT2D eigenvalue weighted by atomic mass is 10.1. The van der Waals surface area contributed by atoms with Gasteiger partial charge in [-0.15, -0.1) is 0 Å². The molecule has 2 aromatic rings. The summed E-state index contributed by atoms with van der Waals surface area (Å²) in [4.78, 5) is 12.3. The first kappa shape index (κ1) is 14.2. The van der Waals surface area contributed by atoms with E-state index in [1.54, 1.807) is 31.2 Å². The lowest BCUT2D eigenvalue weighted by molar-refractivity contribution is 0.103. The monoisotopic (exact) mass is 274 g/mol. The molecule has 4 nitrogen and oxygen atoms in total. The Balaban J connectivity index is 2.32. The first-order valence-corrected chi connectivity index (χ1v) is 6.65. The maximum atomic E-state index is 12.3. The van der Waals surface area contributed by atoms with Crippen LogP contribution in [0.25, 0.3) is 0 Å². The van der Waals surface area contributed by atoms with Gasteiger partial charge in [0.05, 0.1) is 18.8 Å². The highest BCUT2D eigenvalue weighted by Gasteiger charge is 2.15. The molecule has 0 N–H and O–H groups in total. The molecular weight excluding hydrogens is 256 g/mol. The van der Waals surface area contributed by atoms with E-state index in [2.05, 4.69) is 0 Å². The molecule has 0 aliphatic carbocycles. The number of ether oxygens (including phenoxy) is 2. The minimum absolute atomic E-state index is 0.0918. The maximum Gasteiger partial charge on any atom is 0.196 e. The van der Waals surface area contributed by atoms with E-state index in [0.717, 1.165) is 0 Å². The second-order valence-corrected chi connectivity index (χ2v) is 4.30. The summed E-state index contributed by atoms with van der Waals surface area (Å²) in [6.45, 7) is 6.67. The average Bonchev–Trinajstić information content (AvgIpc) is 2.87. The summed E-state index contributed by atoms with van der Waals surface area (Å²) in [5.41, 5.74) is 1.09. The van der Waals surface area contributed by atoms with Crippen LogP contribution >= 0.6 is 0 Å². The summed E-state index contributed by atoms with van der Waals surface area (Å²) in [6, 6.07) is 6.92. The number of aryl methyl sites for hydroxylation is 1. The molecule has 0 atom stereocenters. The molecular formula is C16H18O4. The van der Waals surface area contributed by atoms with Gasteiger partial charge in [0.1, 0.15) is 12.0 Å². The van der Waals surface area contributed by atoms with Gasteiger partial charge in [-0.3, -0.25) is 4.79 Å². The number of hydrogen-bond donors (Lipinski definition) is 0. The van der Waals surface area contributed by atoms with E-state index in [9.17, 15) is 4.79 Å². The summed E-state index contributed by atoms with van der Waals surface area (Å²) in [6.07, 6.45) is 1.47. The van der Waals surface area contributed by atoms with E-state index < -0.39 is 0 Å². The Morgan fingerprint density at radius 1 is 1.05 bits per heavy atom. The molecule has 20 heavy (non-hydrogen) atoms. The van der Waals surface area contributed by atoms with E-state index >= 15 is 0 Å². The van der Waals surface area contributed by atoms with Crippen LogP contribution in [-0.4, -0.2) is 19.0 Å². The Hall–Kier alpha value is -2.23. The van der Waals surface area contributed by atoms with Gasteiger partial charge in [0.15, 0.2) is 17.3 Å². The van der Waals surface area contributed by atoms with Gasteiger partial charge in [-0.2, -0.15) is 0 Å². The van der Waals surface area contributed by atoms with Crippen molar-refractivity contribution < 1.29 is 18.7 Å². The van der Waals surface area contributed by atoms with Gasteiger partial charge in [-0.1, -0.05) is 0 Å². The molecule has 0 bridgehead atoms. The van der Waals surface area contributed by atoms with Crippen molar-refractivity contribution >= 4 is 5.78 Å². The van der Waals surface area contributed by atoms with Gasteiger partial charge in [0, 0.05) is 5.56 Å². The third-order valence-electron chi connectivity index (χ3n) is 2.80. The number of rotatable bonds is 6. The third-order valence-corrected chi connectivity index (χ3v) is 2.80. The number of carbonyl (C=O) groups excluding carboxylic acids is 1. The van der Waals surface area contributed by atoms with Crippen molar-refractivity contribution in [1.82, 2.24) is 0 Å². The van der Waals surface area contributed by atoms with Crippen LogP contribution in [-0.2, 0) is 0 Å². The zero-order valence-electron chi connectivity index (χ0n) is 11.9. The summed E-state index contributed by atoms with van der Waals surface area (Å²) >= 11 is 0. The highest BCUT2D eigenvalue weighted by atomic mass is 16.5. The fraction of sp³-hybridized carbons (Fsp3) is 0.312. The Morgan fingerprint density at radius 2 is 1.75 bits per heavy atom. The molecule has 4 heteroatoms. The zero-order chi connectivity index (χ0) is 14.5. The number of benzene rings is 1. The summed E-state index contributed by atoms with van der Waals surface area (Å²) in [5.74, 6) is 1.85. The molecule has 0 unspecified atom stereocenters. The fourth-order valence-corrected chi connectivity index (χ4v) is 1.92. The molecule has 1 aromatic heterocycles. The van der Waals surface area contributed by atoms with Crippen molar-refractivity contribution in [2.24, 2.45) is 0 Å². The minimum Gasteiger partial charge on any atom is -0.490 e. The SMILES string of the molecule is CCOc1ccc(C(=O)c2coc(C)c2)cc1OCC. The molecule has 106 valence electrons. The smallest absolute Gasteiger partial charge is 0.196 e. The van der Waals surface area contributed by atoms with Crippen LogP contribution in [0, 0.1) is 6.92 Å². The number of furan rings is 1. The summed E-state index contributed by atoms with van der Waals surface area (Å²) in [7, 11) is 0. The third kappa shape index (κ3) is 3.02. The normalized spacial score (nSPS) is 10.3. The molecule has 0 amide bonds. The van der Waals surface area contributed by atoms with E-state index in [4.69, 9.17) is 13.9 Å². The number of hydrogen-bond acceptors (Lipinski definition) is 4. The fourth-order valence-electron chi connectivity index (χ4n) is 1.92. The van der Waals surface area contributed by atoms with Crippen molar-refractivity contribution in [3.8, 4) is 11.5 Å². The Morgan fingerprint density at radius 3 is 2.35 bits per heavy atom.